The third-order valence-corrected chi connectivity index (χ3v) is 5.53. The lowest BCUT2D eigenvalue weighted by atomic mass is 10.0. The predicted octanol–water partition coefficient (Wildman–Crippen LogP) is 4.54. The van der Waals surface area contributed by atoms with Crippen molar-refractivity contribution in [3.8, 4) is 16.9 Å². The monoisotopic (exact) mass is 355 g/mol. The van der Waals surface area contributed by atoms with Crippen molar-refractivity contribution in [2.24, 2.45) is 5.92 Å². The topological polar surface area (TPSA) is 38.3 Å². The van der Waals surface area contributed by atoms with Gasteiger partial charge in [-0.1, -0.05) is 32.0 Å². The highest BCUT2D eigenvalue weighted by molar-refractivity contribution is 7.98. The van der Waals surface area contributed by atoms with E-state index in [1.807, 2.05) is 19.9 Å². The van der Waals surface area contributed by atoms with Crippen molar-refractivity contribution in [2.75, 3.05) is 12.8 Å². The standard InChI is InChI=1S/C21H25NO2S/c1-4-14(2)21(23)22-13-18-12-17-11-16(7-10-20(17)24-18)15-5-8-19(25-3)9-6-15/h5-11,14,18H,4,12-13H2,1-3H3,(H,22,23)/t14-,18+/m0/s1. The van der Waals surface area contributed by atoms with E-state index < -0.39 is 0 Å². The van der Waals surface area contributed by atoms with Gasteiger partial charge in [0.1, 0.15) is 11.9 Å². The van der Waals surface area contributed by atoms with Gasteiger partial charge in [0.25, 0.3) is 0 Å². The molecule has 1 amide bonds. The summed E-state index contributed by atoms with van der Waals surface area (Å²) in [6.07, 6.45) is 3.81. The van der Waals surface area contributed by atoms with Crippen LogP contribution in [0.5, 0.6) is 5.75 Å². The zero-order valence-electron chi connectivity index (χ0n) is 15.0. The summed E-state index contributed by atoms with van der Waals surface area (Å²) in [4.78, 5) is 13.2. The van der Waals surface area contributed by atoms with Gasteiger partial charge in [0.2, 0.25) is 5.91 Å². The highest BCUT2D eigenvalue weighted by atomic mass is 32.2. The summed E-state index contributed by atoms with van der Waals surface area (Å²) >= 11 is 1.75. The molecule has 1 aliphatic heterocycles. The average Bonchev–Trinajstić information content (AvgIpc) is 3.07. The number of rotatable bonds is 6. The van der Waals surface area contributed by atoms with Crippen LogP contribution in [0.25, 0.3) is 11.1 Å². The van der Waals surface area contributed by atoms with E-state index in [-0.39, 0.29) is 17.9 Å². The van der Waals surface area contributed by atoms with Crippen molar-refractivity contribution in [1.82, 2.24) is 5.32 Å². The zero-order chi connectivity index (χ0) is 17.8. The number of carbonyl (C=O) groups excluding carboxylic acids is 1. The third kappa shape index (κ3) is 4.18. The molecule has 0 fully saturated rings. The number of hydrogen-bond acceptors (Lipinski definition) is 3. The molecule has 0 saturated carbocycles. The maximum absolute atomic E-state index is 11.9. The second-order valence-electron chi connectivity index (χ2n) is 6.55. The second-order valence-corrected chi connectivity index (χ2v) is 7.43. The lowest BCUT2D eigenvalue weighted by Crippen LogP contribution is -2.37. The molecule has 0 bridgehead atoms. The number of thioether (sulfide) groups is 1. The molecule has 0 radical (unpaired) electrons. The fourth-order valence-corrected chi connectivity index (χ4v) is 3.38. The molecule has 1 N–H and O–H groups in total. The minimum absolute atomic E-state index is 0.0251. The summed E-state index contributed by atoms with van der Waals surface area (Å²) in [5.41, 5.74) is 3.64. The lowest BCUT2D eigenvalue weighted by molar-refractivity contribution is -0.124. The number of nitrogens with one attached hydrogen (secondary N) is 1. The van der Waals surface area contributed by atoms with Crippen LogP contribution in [0, 0.1) is 5.92 Å². The summed E-state index contributed by atoms with van der Waals surface area (Å²) in [5.74, 6) is 1.10. The fourth-order valence-electron chi connectivity index (χ4n) is 2.97. The minimum atomic E-state index is 0.0251. The molecule has 3 nitrogen and oxygen atoms in total. The molecule has 1 heterocycles. The van der Waals surface area contributed by atoms with Gasteiger partial charge in [-0.05, 0) is 53.6 Å². The Labute approximate surface area is 154 Å². The van der Waals surface area contributed by atoms with Gasteiger partial charge >= 0.3 is 0 Å². The average molecular weight is 356 g/mol. The first-order valence-corrected chi connectivity index (χ1v) is 10.0. The summed E-state index contributed by atoms with van der Waals surface area (Å²) in [6, 6.07) is 15.0. The molecular weight excluding hydrogens is 330 g/mol. The van der Waals surface area contributed by atoms with Crippen molar-refractivity contribution in [3.63, 3.8) is 0 Å². The van der Waals surface area contributed by atoms with Crippen molar-refractivity contribution < 1.29 is 9.53 Å². The van der Waals surface area contributed by atoms with Crippen molar-refractivity contribution in [3.05, 3.63) is 48.0 Å². The highest BCUT2D eigenvalue weighted by Crippen LogP contribution is 2.33. The third-order valence-electron chi connectivity index (χ3n) is 4.79. The van der Waals surface area contributed by atoms with E-state index in [9.17, 15) is 4.79 Å². The van der Waals surface area contributed by atoms with Crippen molar-refractivity contribution >= 4 is 17.7 Å². The van der Waals surface area contributed by atoms with Crippen LogP contribution in [0.2, 0.25) is 0 Å². The Morgan fingerprint density at radius 2 is 1.96 bits per heavy atom. The maximum atomic E-state index is 11.9. The Balaban J connectivity index is 1.65. The molecule has 2 atom stereocenters. The number of ether oxygens (including phenoxy) is 1. The first-order valence-electron chi connectivity index (χ1n) is 8.82. The van der Waals surface area contributed by atoms with E-state index in [1.54, 1.807) is 11.8 Å². The molecule has 132 valence electrons. The molecular formula is C21H25NO2S. The summed E-state index contributed by atoms with van der Waals surface area (Å²) in [7, 11) is 0. The number of carbonyl (C=O) groups is 1. The molecule has 0 aromatic heterocycles. The molecule has 2 aromatic rings. The first kappa shape index (κ1) is 17.9. The summed E-state index contributed by atoms with van der Waals surface area (Å²) in [5, 5.41) is 3.00. The second kappa shape index (κ2) is 7.96. The van der Waals surface area contributed by atoms with Gasteiger partial charge in [-0.25, -0.2) is 0 Å². The van der Waals surface area contributed by atoms with Gasteiger partial charge < -0.3 is 10.1 Å². The number of fused-ring (bicyclic) bond motifs is 1. The Morgan fingerprint density at radius 1 is 1.24 bits per heavy atom. The molecule has 0 unspecified atom stereocenters. The van der Waals surface area contributed by atoms with Crippen molar-refractivity contribution in [2.45, 2.75) is 37.7 Å². The first-order chi connectivity index (χ1) is 12.1. The van der Waals surface area contributed by atoms with E-state index in [4.69, 9.17) is 4.74 Å². The van der Waals surface area contributed by atoms with E-state index >= 15 is 0 Å². The molecule has 1 aliphatic rings. The molecule has 0 saturated heterocycles. The molecule has 25 heavy (non-hydrogen) atoms. The Bertz CT molecular complexity index is 742. The molecule has 4 heteroatoms. The van der Waals surface area contributed by atoms with Crippen molar-refractivity contribution in [1.29, 1.82) is 0 Å². The van der Waals surface area contributed by atoms with Crippen LogP contribution in [-0.2, 0) is 11.2 Å². The summed E-state index contributed by atoms with van der Waals surface area (Å²) < 4.78 is 5.98. The Morgan fingerprint density at radius 3 is 2.64 bits per heavy atom. The van der Waals surface area contributed by atoms with E-state index in [1.165, 1.54) is 21.6 Å². The van der Waals surface area contributed by atoms with Gasteiger partial charge in [0.15, 0.2) is 0 Å². The van der Waals surface area contributed by atoms with Crippen LogP contribution in [0.4, 0.5) is 0 Å². The van der Waals surface area contributed by atoms with Crippen LogP contribution in [-0.4, -0.2) is 24.8 Å². The Hall–Kier alpha value is -1.94. The van der Waals surface area contributed by atoms with Crippen LogP contribution < -0.4 is 10.1 Å². The highest BCUT2D eigenvalue weighted by Gasteiger charge is 2.24. The molecule has 0 spiro atoms. The predicted molar refractivity (Wildman–Crippen MR) is 104 cm³/mol. The van der Waals surface area contributed by atoms with Gasteiger partial charge in [-0.15, -0.1) is 11.8 Å². The largest absolute Gasteiger partial charge is 0.488 e. The van der Waals surface area contributed by atoms with Gasteiger partial charge in [0.05, 0.1) is 6.54 Å². The lowest BCUT2D eigenvalue weighted by Gasteiger charge is -2.14. The number of amides is 1. The molecule has 3 rings (SSSR count). The van der Waals surface area contributed by atoms with E-state index in [2.05, 4.69) is 48.0 Å². The van der Waals surface area contributed by atoms with Crippen LogP contribution in [0.3, 0.4) is 0 Å². The SMILES string of the molecule is CC[C@H](C)C(=O)NC[C@H]1Cc2cc(-c3ccc(SC)cc3)ccc2O1. The fraction of sp³-hybridized carbons (Fsp3) is 0.381. The molecule has 0 aliphatic carbocycles. The Kier molecular flexibility index (Phi) is 5.69. The minimum Gasteiger partial charge on any atom is -0.488 e. The maximum Gasteiger partial charge on any atom is 0.222 e. The smallest absolute Gasteiger partial charge is 0.222 e. The summed E-state index contributed by atoms with van der Waals surface area (Å²) in [6.45, 7) is 4.54. The quantitative estimate of drug-likeness (QED) is 0.773. The number of benzene rings is 2. The molecule has 2 aromatic carbocycles. The van der Waals surface area contributed by atoms with Gasteiger partial charge in [-0.3, -0.25) is 4.79 Å². The number of hydrogen-bond donors (Lipinski definition) is 1. The van der Waals surface area contributed by atoms with Crippen LogP contribution in [0.15, 0.2) is 47.4 Å². The van der Waals surface area contributed by atoms with Crippen LogP contribution in [0.1, 0.15) is 25.8 Å². The normalized spacial score (nSPS) is 16.8. The van der Waals surface area contributed by atoms with Crippen LogP contribution >= 0.6 is 11.8 Å². The zero-order valence-corrected chi connectivity index (χ0v) is 15.9. The van der Waals surface area contributed by atoms with Gasteiger partial charge in [0, 0.05) is 17.2 Å². The van der Waals surface area contributed by atoms with E-state index in [0.29, 0.717) is 6.54 Å². The van der Waals surface area contributed by atoms with E-state index in [0.717, 1.165) is 18.6 Å². The van der Waals surface area contributed by atoms with Gasteiger partial charge in [-0.2, -0.15) is 0 Å².